The standard InChI is InChI=1S/C30H25NO7S3/c1-21-12-16-23(17-13-21)39(33,34)29-20-28(26-10-6-7-11-27(26)30(29)32)31(40(35,36)24-8-4-3-5-9-24)41(37,38)25-18-14-22(2)15-19-25/h3-20,32H,1-2H3. The maximum Gasteiger partial charge on any atom is 0.277 e. The number of sulfonamides is 2. The zero-order valence-electron chi connectivity index (χ0n) is 22.0. The van der Waals surface area contributed by atoms with Crippen LogP contribution < -0.4 is 3.71 Å². The van der Waals surface area contributed by atoms with Gasteiger partial charge in [0, 0.05) is 10.8 Å². The van der Waals surface area contributed by atoms with Crippen LogP contribution in [0.1, 0.15) is 11.1 Å². The predicted octanol–water partition coefficient (Wildman–Crippen LogP) is 5.58. The molecule has 0 amide bonds. The molecular formula is C30H25NO7S3. The number of rotatable bonds is 7. The molecule has 0 radical (unpaired) electrons. The number of anilines is 1. The highest BCUT2D eigenvalue weighted by Gasteiger charge is 2.39. The zero-order valence-corrected chi connectivity index (χ0v) is 24.4. The number of sulfone groups is 1. The maximum absolute atomic E-state index is 14.2. The van der Waals surface area contributed by atoms with E-state index in [1.165, 1.54) is 84.9 Å². The fourth-order valence-electron chi connectivity index (χ4n) is 4.40. The van der Waals surface area contributed by atoms with E-state index in [-0.39, 0.29) is 29.2 Å². The van der Waals surface area contributed by atoms with E-state index in [4.69, 9.17) is 0 Å². The van der Waals surface area contributed by atoms with E-state index >= 15 is 0 Å². The van der Waals surface area contributed by atoms with E-state index < -0.39 is 46.2 Å². The van der Waals surface area contributed by atoms with Gasteiger partial charge < -0.3 is 5.11 Å². The molecule has 0 aliphatic heterocycles. The Labute approximate surface area is 239 Å². The number of fused-ring (bicyclic) bond motifs is 1. The van der Waals surface area contributed by atoms with E-state index in [0.717, 1.165) is 17.2 Å². The Hall–Kier alpha value is -4.19. The normalized spacial score (nSPS) is 12.3. The number of phenols is 1. The zero-order chi connectivity index (χ0) is 29.6. The first-order chi connectivity index (χ1) is 19.3. The van der Waals surface area contributed by atoms with Crippen LogP contribution in [-0.4, -0.2) is 30.4 Å². The molecule has 5 aromatic rings. The van der Waals surface area contributed by atoms with Crippen LogP contribution in [-0.2, 0) is 29.9 Å². The van der Waals surface area contributed by atoms with Gasteiger partial charge in [0.2, 0.25) is 9.84 Å². The molecule has 0 fully saturated rings. The summed E-state index contributed by atoms with van der Waals surface area (Å²) in [4.78, 5) is -1.43. The second kappa shape index (κ2) is 10.3. The molecule has 0 aliphatic carbocycles. The van der Waals surface area contributed by atoms with Crippen molar-refractivity contribution >= 4 is 46.3 Å². The van der Waals surface area contributed by atoms with Crippen molar-refractivity contribution in [1.82, 2.24) is 0 Å². The van der Waals surface area contributed by atoms with Crippen molar-refractivity contribution in [2.24, 2.45) is 0 Å². The molecule has 8 nitrogen and oxygen atoms in total. The van der Waals surface area contributed by atoms with Gasteiger partial charge in [-0.05, 0) is 56.3 Å². The van der Waals surface area contributed by atoms with Gasteiger partial charge in [0.1, 0.15) is 10.6 Å². The first-order valence-electron chi connectivity index (χ1n) is 12.3. The SMILES string of the molecule is Cc1ccc(S(=O)(=O)c2cc(N(S(=O)(=O)c3ccccc3)S(=O)(=O)c3ccc(C)cc3)c3ccccc3c2O)cc1. The average molecular weight is 608 g/mol. The van der Waals surface area contributed by atoms with Gasteiger partial charge in [0.05, 0.1) is 20.4 Å². The molecule has 0 saturated heterocycles. The molecule has 1 N–H and O–H groups in total. The van der Waals surface area contributed by atoms with Crippen LogP contribution >= 0.6 is 0 Å². The summed E-state index contributed by atoms with van der Waals surface area (Å²) in [6, 6.07) is 25.3. The van der Waals surface area contributed by atoms with Crippen LogP contribution in [0, 0.1) is 13.8 Å². The Morgan fingerprint density at radius 2 is 0.976 bits per heavy atom. The summed E-state index contributed by atoms with van der Waals surface area (Å²) >= 11 is 0. The minimum atomic E-state index is -4.84. The summed E-state index contributed by atoms with van der Waals surface area (Å²) in [5.74, 6) is -0.630. The molecule has 0 bridgehead atoms. The summed E-state index contributed by atoms with van der Waals surface area (Å²) in [6.07, 6.45) is 0. The van der Waals surface area contributed by atoms with Gasteiger partial charge in [-0.1, -0.05) is 77.9 Å². The molecule has 0 spiro atoms. The number of aryl methyl sites for hydroxylation is 2. The van der Waals surface area contributed by atoms with E-state index in [0.29, 0.717) is 0 Å². The lowest BCUT2D eigenvalue weighted by molar-refractivity contribution is 0.465. The minimum absolute atomic E-state index is 0.0167. The van der Waals surface area contributed by atoms with Gasteiger partial charge >= 0.3 is 0 Å². The third kappa shape index (κ3) is 4.96. The molecular weight excluding hydrogens is 583 g/mol. The highest BCUT2D eigenvalue weighted by atomic mass is 32.3. The monoisotopic (exact) mass is 607 g/mol. The van der Waals surface area contributed by atoms with Gasteiger partial charge in [-0.15, -0.1) is 0 Å². The number of nitrogens with zero attached hydrogens (tertiary/aromatic N) is 1. The lowest BCUT2D eigenvalue weighted by Gasteiger charge is -2.26. The smallest absolute Gasteiger partial charge is 0.277 e. The van der Waals surface area contributed by atoms with Gasteiger partial charge in [-0.2, -0.15) is 3.71 Å². The molecule has 41 heavy (non-hydrogen) atoms. The summed E-state index contributed by atoms with van der Waals surface area (Å²) < 4.78 is 84.5. The molecule has 5 aromatic carbocycles. The molecule has 0 heterocycles. The van der Waals surface area contributed by atoms with Crippen LogP contribution in [0.5, 0.6) is 5.75 Å². The van der Waals surface area contributed by atoms with Gasteiger partial charge in [0.15, 0.2) is 0 Å². The Morgan fingerprint density at radius 1 is 0.537 bits per heavy atom. The molecule has 0 atom stereocenters. The molecule has 11 heteroatoms. The number of hydrogen-bond donors (Lipinski definition) is 1. The Bertz CT molecular complexity index is 2090. The van der Waals surface area contributed by atoms with Crippen molar-refractivity contribution in [2.75, 3.05) is 3.71 Å². The van der Waals surface area contributed by atoms with E-state index in [1.807, 2.05) is 0 Å². The summed E-state index contributed by atoms with van der Waals surface area (Å²) in [6.45, 7) is 3.54. The van der Waals surface area contributed by atoms with E-state index in [9.17, 15) is 30.4 Å². The fourth-order valence-corrected chi connectivity index (χ4v) is 9.51. The third-order valence-corrected chi connectivity index (χ3v) is 12.5. The first-order valence-corrected chi connectivity index (χ1v) is 16.7. The minimum Gasteiger partial charge on any atom is -0.506 e. The Kier molecular flexibility index (Phi) is 7.14. The maximum atomic E-state index is 14.2. The molecule has 210 valence electrons. The van der Waals surface area contributed by atoms with Crippen LogP contribution in [0.3, 0.4) is 0 Å². The van der Waals surface area contributed by atoms with Gasteiger partial charge in [-0.3, -0.25) is 0 Å². The van der Waals surface area contributed by atoms with Gasteiger partial charge in [0.25, 0.3) is 20.0 Å². The predicted molar refractivity (Wildman–Crippen MR) is 157 cm³/mol. The largest absolute Gasteiger partial charge is 0.506 e. The summed E-state index contributed by atoms with van der Waals surface area (Å²) in [5, 5.41) is 11.2. The van der Waals surface area contributed by atoms with Crippen molar-refractivity contribution in [3.63, 3.8) is 0 Å². The van der Waals surface area contributed by atoms with Crippen LogP contribution in [0.4, 0.5) is 5.69 Å². The molecule has 0 aliphatic rings. The molecule has 0 saturated carbocycles. The highest BCUT2D eigenvalue weighted by molar-refractivity contribution is 8.10. The van der Waals surface area contributed by atoms with E-state index in [1.54, 1.807) is 32.0 Å². The molecule has 5 rings (SSSR count). The van der Waals surface area contributed by atoms with E-state index in [2.05, 4.69) is 0 Å². The number of aromatic hydroxyl groups is 1. The fraction of sp³-hybridized carbons (Fsp3) is 0.0667. The number of phenolic OH excluding ortho intramolecular Hbond substituents is 1. The third-order valence-electron chi connectivity index (χ3n) is 6.57. The van der Waals surface area contributed by atoms with Crippen molar-refractivity contribution < 1.29 is 30.4 Å². The number of benzene rings is 5. The number of hydrogen-bond acceptors (Lipinski definition) is 7. The van der Waals surface area contributed by atoms with Crippen LogP contribution in [0.15, 0.2) is 129 Å². The second-order valence-electron chi connectivity index (χ2n) is 9.44. The van der Waals surface area contributed by atoms with Crippen molar-refractivity contribution in [1.29, 1.82) is 0 Å². The van der Waals surface area contributed by atoms with Crippen molar-refractivity contribution in [3.05, 3.63) is 120 Å². The van der Waals surface area contributed by atoms with Crippen molar-refractivity contribution in [2.45, 2.75) is 33.4 Å². The van der Waals surface area contributed by atoms with Gasteiger partial charge in [-0.25, -0.2) is 25.3 Å². The van der Waals surface area contributed by atoms with Crippen molar-refractivity contribution in [3.8, 4) is 5.75 Å². The first kappa shape index (κ1) is 28.3. The summed E-state index contributed by atoms with van der Waals surface area (Å²) in [5.41, 5.74) is 1.10. The highest BCUT2D eigenvalue weighted by Crippen LogP contribution is 2.44. The van der Waals surface area contributed by atoms with Crippen LogP contribution in [0.25, 0.3) is 10.8 Å². The lowest BCUT2D eigenvalue weighted by atomic mass is 10.1. The molecule has 0 unspecified atom stereocenters. The lowest BCUT2D eigenvalue weighted by Crippen LogP contribution is -2.37. The average Bonchev–Trinajstić information content (AvgIpc) is 2.95. The van der Waals surface area contributed by atoms with Crippen LogP contribution in [0.2, 0.25) is 0 Å². The quantitative estimate of drug-likeness (QED) is 0.256. The Balaban J connectivity index is 1.90. The second-order valence-corrected chi connectivity index (χ2v) is 15.2. The summed E-state index contributed by atoms with van der Waals surface area (Å²) in [7, 11) is -14.1. The molecule has 0 aromatic heterocycles. The Morgan fingerprint density at radius 3 is 1.51 bits per heavy atom. The topological polar surface area (TPSA) is 126 Å².